The Morgan fingerprint density at radius 2 is 1.54 bits per heavy atom. The Hall–Kier alpha value is -3.20. The van der Waals surface area contributed by atoms with Crippen LogP contribution < -0.4 is 5.56 Å². The van der Waals surface area contributed by atoms with Crippen LogP contribution in [-0.2, 0) is 7.05 Å². The van der Waals surface area contributed by atoms with E-state index in [-0.39, 0.29) is 5.56 Å². The number of rotatable bonds is 0. The number of fused-ring (bicyclic) bond motifs is 6. The van der Waals surface area contributed by atoms with E-state index in [0.29, 0.717) is 5.39 Å². The Balaban J connectivity index is 2.10. The van der Waals surface area contributed by atoms with Crippen LogP contribution in [0.25, 0.3) is 43.5 Å². The number of hydrogen-bond acceptors (Lipinski definition) is 2. The first-order valence-electron chi connectivity index (χ1n) is 7.94. The number of nitrogens with zero attached hydrogens (tertiary/aromatic N) is 2. The van der Waals surface area contributed by atoms with Crippen molar-refractivity contribution in [2.45, 2.75) is 0 Å². The van der Waals surface area contributed by atoms with Crippen molar-refractivity contribution in [2.24, 2.45) is 7.05 Å². The lowest BCUT2D eigenvalue weighted by Crippen LogP contribution is -2.17. The standard InChI is InChI=1S/C21H14N2O/c1-23-19-9-5-4-8-15(19)20-17(21(23)24)12-16-14-7-3-2-6-13(14)10-11-18(16)22-20/h2-12H,1H3. The molecule has 0 aliphatic rings. The highest BCUT2D eigenvalue weighted by atomic mass is 16.1. The molecule has 0 bridgehead atoms. The van der Waals surface area contributed by atoms with Gasteiger partial charge in [-0.2, -0.15) is 0 Å². The summed E-state index contributed by atoms with van der Waals surface area (Å²) in [7, 11) is 1.82. The van der Waals surface area contributed by atoms with Crippen LogP contribution in [0.15, 0.2) is 71.5 Å². The van der Waals surface area contributed by atoms with Crippen molar-refractivity contribution in [1.29, 1.82) is 0 Å². The largest absolute Gasteiger partial charge is 0.311 e. The third-order valence-corrected chi connectivity index (χ3v) is 4.78. The lowest BCUT2D eigenvalue weighted by molar-refractivity contribution is 0.918. The predicted octanol–water partition coefficient (Wildman–Crippen LogP) is 4.39. The van der Waals surface area contributed by atoms with Crippen LogP contribution in [0.4, 0.5) is 0 Å². The Morgan fingerprint density at radius 1 is 0.792 bits per heavy atom. The molecule has 0 unspecified atom stereocenters. The zero-order valence-electron chi connectivity index (χ0n) is 13.2. The van der Waals surface area contributed by atoms with Crippen LogP contribution in [0.3, 0.4) is 0 Å². The van der Waals surface area contributed by atoms with E-state index in [1.165, 1.54) is 0 Å². The number of aromatic nitrogens is 2. The van der Waals surface area contributed by atoms with Crippen molar-refractivity contribution in [2.75, 3.05) is 0 Å². The van der Waals surface area contributed by atoms with E-state index in [2.05, 4.69) is 18.2 Å². The fourth-order valence-electron chi connectivity index (χ4n) is 3.55. The molecule has 3 nitrogen and oxygen atoms in total. The Kier molecular flexibility index (Phi) is 2.57. The molecule has 0 amide bonds. The summed E-state index contributed by atoms with van der Waals surface area (Å²) in [6, 6.07) is 22.2. The lowest BCUT2D eigenvalue weighted by Gasteiger charge is -2.10. The van der Waals surface area contributed by atoms with Gasteiger partial charge in [-0.25, -0.2) is 4.98 Å². The van der Waals surface area contributed by atoms with Gasteiger partial charge >= 0.3 is 0 Å². The van der Waals surface area contributed by atoms with E-state index in [1.54, 1.807) is 4.57 Å². The highest BCUT2D eigenvalue weighted by Crippen LogP contribution is 2.28. The van der Waals surface area contributed by atoms with Gasteiger partial charge in [0.15, 0.2) is 0 Å². The van der Waals surface area contributed by atoms with Gasteiger partial charge in [0.05, 0.1) is 21.9 Å². The molecule has 3 aromatic carbocycles. The Morgan fingerprint density at radius 3 is 2.42 bits per heavy atom. The third-order valence-electron chi connectivity index (χ3n) is 4.78. The molecule has 0 fully saturated rings. The predicted molar refractivity (Wildman–Crippen MR) is 99.5 cm³/mol. The molecule has 24 heavy (non-hydrogen) atoms. The molecular formula is C21H14N2O. The molecule has 2 aromatic heterocycles. The second kappa shape index (κ2) is 4.65. The SMILES string of the molecule is Cn1c(=O)c2cc3c(ccc4ccccc43)nc2c2ccccc21. The average Bonchev–Trinajstić information content (AvgIpc) is 2.65. The van der Waals surface area contributed by atoms with Gasteiger partial charge in [0.1, 0.15) is 0 Å². The van der Waals surface area contributed by atoms with Crippen molar-refractivity contribution < 1.29 is 0 Å². The molecule has 3 heteroatoms. The zero-order chi connectivity index (χ0) is 16.3. The minimum atomic E-state index is -0.00830. The summed E-state index contributed by atoms with van der Waals surface area (Å²) in [5.74, 6) is 0. The summed E-state index contributed by atoms with van der Waals surface area (Å²) in [4.78, 5) is 17.7. The third kappa shape index (κ3) is 1.67. The quantitative estimate of drug-likeness (QED) is 0.314. The van der Waals surface area contributed by atoms with E-state index < -0.39 is 0 Å². The summed E-state index contributed by atoms with van der Waals surface area (Å²) in [6.07, 6.45) is 0. The molecule has 0 saturated carbocycles. The van der Waals surface area contributed by atoms with E-state index in [4.69, 9.17) is 4.98 Å². The van der Waals surface area contributed by atoms with Gasteiger partial charge in [-0.3, -0.25) is 4.79 Å². The van der Waals surface area contributed by atoms with Gasteiger partial charge in [0.25, 0.3) is 5.56 Å². The summed E-state index contributed by atoms with van der Waals surface area (Å²) in [5, 5.41) is 4.97. The van der Waals surface area contributed by atoms with Crippen molar-refractivity contribution >= 4 is 43.5 Å². The van der Waals surface area contributed by atoms with Gasteiger partial charge < -0.3 is 4.57 Å². The normalized spacial score (nSPS) is 11.7. The molecule has 5 aromatic rings. The molecule has 0 aliphatic carbocycles. The number of para-hydroxylation sites is 1. The zero-order valence-corrected chi connectivity index (χ0v) is 13.2. The fraction of sp³-hybridized carbons (Fsp3) is 0.0476. The second-order valence-electron chi connectivity index (χ2n) is 6.12. The minimum absolute atomic E-state index is 0.00830. The molecule has 0 radical (unpaired) electrons. The van der Waals surface area contributed by atoms with Gasteiger partial charge in [0.2, 0.25) is 0 Å². The molecule has 0 spiro atoms. The molecule has 0 aliphatic heterocycles. The first-order valence-corrected chi connectivity index (χ1v) is 7.94. The maximum absolute atomic E-state index is 12.8. The first-order chi connectivity index (χ1) is 11.7. The van der Waals surface area contributed by atoms with Crippen LogP contribution in [0.1, 0.15) is 0 Å². The van der Waals surface area contributed by atoms with Crippen molar-refractivity contribution in [1.82, 2.24) is 9.55 Å². The summed E-state index contributed by atoms with van der Waals surface area (Å²) in [6.45, 7) is 0. The monoisotopic (exact) mass is 310 g/mol. The van der Waals surface area contributed by atoms with E-state index >= 15 is 0 Å². The van der Waals surface area contributed by atoms with Gasteiger partial charge in [0, 0.05) is 17.8 Å². The van der Waals surface area contributed by atoms with Crippen LogP contribution in [0.2, 0.25) is 0 Å². The van der Waals surface area contributed by atoms with Crippen LogP contribution in [0, 0.1) is 0 Å². The lowest BCUT2D eigenvalue weighted by atomic mass is 10.0. The first kappa shape index (κ1) is 13.3. The maximum atomic E-state index is 12.8. The van der Waals surface area contributed by atoms with Crippen LogP contribution in [0.5, 0.6) is 0 Å². The molecular weight excluding hydrogens is 296 g/mol. The molecule has 2 heterocycles. The highest BCUT2D eigenvalue weighted by molar-refractivity contribution is 6.13. The van der Waals surface area contributed by atoms with Crippen molar-refractivity contribution in [3.8, 4) is 0 Å². The number of aryl methyl sites for hydroxylation is 1. The number of hydrogen-bond donors (Lipinski definition) is 0. The minimum Gasteiger partial charge on any atom is -0.311 e. The van der Waals surface area contributed by atoms with E-state index in [1.807, 2.05) is 55.6 Å². The van der Waals surface area contributed by atoms with E-state index in [9.17, 15) is 4.79 Å². The molecule has 0 atom stereocenters. The average molecular weight is 310 g/mol. The number of pyridine rings is 2. The van der Waals surface area contributed by atoms with Crippen LogP contribution >= 0.6 is 0 Å². The summed E-state index contributed by atoms with van der Waals surface area (Å²) in [5.41, 5.74) is 2.59. The maximum Gasteiger partial charge on any atom is 0.260 e. The molecule has 0 saturated heterocycles. The second-order valence-corrected chi connectivity index (χ2v) is 6.12. The van der Waals surface area contributed by atoms with Gasteiger partial charge in [-0.15, -0.1) is 0 Å². The summed E-state index contributed by atoms with van der Waals surface area (Å²) < 4.78 is 1.70. The fourth-order valence-corrected chi connectivity index (χ4v) is 3.55. The van der Waals surface area contributed by atoms with Gasteiger partial charge in [-0.1, -0.05) is 48.5 Å². The molecule has 0 N–H and O–H groups in total. The van der Waals surface area contributed by atoms with Crippen molar-refractivity contribution in [3.63, 3.8) is 0 Å². The smallest absolute Gasteiger partial charge is 0.260 e. The topological polar surface area (TPSA) is 34.9 Å². The Bertz CT molecular complexity index is 1330. The van der Waals surface area contributed by atoms with E-state index in [0.717, 1.165) is 38.1 Å². The van der Waals surface area contributed by atoms with Crippen molar-refractivity contribution in [3.05, 3.63) is 77.1 Å². The molecule has 114 valence electrons. The van der Waals surface area contributed by atoms with Crippen LogP contribution in [-0.4, -0.2) is 9.55 Å². The summed E-state index contributed by atoms with van der Waals surface area (Å²) >= 11 is 0. The number of benzene rings is 3. The highest BCUT2D eigenvalue weighted by Gasteiger charge is 2.12. The molecule has 5 rings (SSSR count). The Labute approximate surface area is 137 Å². The van der Waals surface area contributed by atoms with Gasteiger partial charge in [-0.05, 0) is 29.0 Å².